The lowest BCUT2D eigenvalue weighted by atomic mass is 9.92. The SMILES string of the molecule is C[C@@H](O)[C@H]1C(=O)N2C(C(=O)N3CCCC3)=C(CO)S[C@@H]12. The molecule has 3 aliphatic heterocycles. The van der Waals surface area contributed by atoms with Crippen LogP contribution in [0.3, 0.4) is 0 Å². The van der Waals surface area contributed by atoms with E-state index in [0.29, 0.717) is 23.7 Å². The molecular weight excluding hydrogens is 280 g/mol. The van der Waals surface area contributed by atoms with Crippen molar-refractivity contribution >= 4 is 23.6 Å². The first-order chi connectivity index (χ1) is 9.56. The van der Waals surface area contributed by atoms with Crippen LogP contribution in [0.5, 0.6) is 0 Å². The van der Waals surface area contributed by atoms with Gasteiger partial charge in [-0.15, -0.1) is 0 Å². The number of hydrogen-bond donors (Lipinski definition) is 2. The maximum atomic E-state index is 12.5. The van der Waals surface area contributed by atoms with E-state index in [-0.39, 0.29) is 23.8 Å². The van der Waals surface area contributed by atoms with Crippen LogP contribution in [0, 0.1) is 5.92 Å². The van der Waals surface area contributed by atoms with Crippen molar-refractivity contribution in [2.24, 2.45) is 5.92 Å². The normalized spacial score (nSPS) is 30.6. The molecule has 3 rings (SSSR count). The zero-order valence-electron chi connectivity index (χ0n) is 11.3. The highest BCUT2D eigenvalue weighted by Crippen LogP contribution is 2.50. The van der Waals surface area contributed by atoms with Crippen LogP contribution in [0.1, 0.15) is 19.8 Å². The topological polar surface area (TPSA) is 81.1 Å². The Bertz CT molecular complexity index is 485. The van der Waals surface area contributed by atoms with Crippen LogP contribution in [0.2, 0.25) is 0 Å². The van der Waals surface area contributed by atoms with Crippen molar-refractivity contribution < 1.29 is 19.8 Å². The maximum absolute atomic E-state index is 12.5. The monoisotopic (exact) mass is 298 g/mol. The van der Waals surface area contributed by atoms with Gasteiger partial charge in [-0.25, -0.2) is 0 Å². The van der Waals surface area contributed by atoms with Crippen LogP contribution in [0.15, 0.2) is 10.6 Å². The first kappa shape index (κ1) is 13.9. The summed E-state index contributed by atoms with van der Waals surface area (Å²) < 4.78 is 0. The third-order valence-corrected chi connectivity index (χ3v) is 5.46. The molecule has 20 heavy (non-hydrogen) atoms. The highest BCUT2D eigenvalue weighted by Gasteiger charge is 2.57. The molecule has 3 atom stereocenters. The molecular formula is C13H18N2O4S. The minimum atomic E-state index is -0.738. The summed E-state index contributed by atoms with van der Waals surface area (Å²) in [5, 5.41) is 18.9. The van der Waals surface area contributed by atoms with Crippen LogP contribution in [-0.2, 0) is 9.59 Å². The molecule has 0 aromatic rings. The number of nitrogens with zero attached hydrogens (tertiary/aromatic N) is 2. The molecule has 0 aromatic heterocycles. The minimum Gasteiger partial charge on any atom is -0.392 e. The van der Waals surface area contributed by atoms with Crippen molar-refractivity contribution in [2.75, 3.05) is 19.7 Å². The van der Waals surface area contributed by atoms with Crippen molar-refractivity contribution in [3.63, 3.8) is 0 Å². The lowest BCUT2D eigenvalue weighted by molar-refractivity contribution is -0.155. The van der Waals surface area contributed by atoms with Gasteiger partial charge in [-0.05, 0) is 19.8 Å². The van der Waals surface area contributed by atoms with E-state index in [9.17, 15) is 19.8 Å². The zero-order chi connectivity index (χ0) is 14.4. The first-order valence-electron chi connectivity index (χ1n) is 6.87. The Morgan fingerprint density at radius 2 is 2.10 bits per heavy atom. The molecule has 7 heteroatoms. The summed E-state index contributed by atoms with van der Waals surface area (Å²) in [7, 11) is 0. The van der Waals surface area contributed by atoms with E-state index in [4.69, 9.17) is 0 Å². The number of likely N-dealkylation sites (tertiary alicyclic amines) is 1. The van der Waals surface area contributed by atoms with Crippen molar-refractivity contribution in [1.82, 2.24) is 9.80 Å². The Hall–Kier alpha value is -1.05. The summed E-state index contributed by atoms with van der Waals surface area (Å²) in [6, 6.07) is 0. The molecule has 0 spiro atoms. The van der Waals surface area contributed by atoms with E-state index in [1.54, 1.807) is 11.8 Å². The van der Waals surface area contributed by atoms with Crippen LogP contribution in [0.25, 0.3) is 0 Å². The van der Waals surface area contributed by atoms with Gasteiger partial charge < -0.3 is 15.1 Å². The summed E-state index contributed by atoms with van der Waals surface area (Å²) in [6.45, 7) is 2.75. The van der Waals surface area contributed by atoms with E-state index in [1.165, 1.54) is 16.7 Å². The van der Waals surface area contributed by atoms with Crippen molar-refractivity contribution in [2.45, 2.75) is 31.2 Å². The molecule has 0 bridgehead atoms. The second kappa shape index (κ2) is 5.05. The molecule has 0 unspecified atom stereocenters. The molecule has 0 aliphatic carbocycles. The van der Waals surface area contributed by atoms with Crippen LogP contribution in [0.4, 0.5) is 0 Å². The number of rotatable bonds is 3. The molecule has 0 aromatic carbocycles. The molecule has 0 saturated carbocycles. The van der Waals surface area contributed by atoms with E-state index in [2.05, 4.69) is 0 Å². The van der Waals surface area contributed by atoms with Crippen LogP contribution in [-0.4, -0.2) is 63.0 Å². The van der Waals surface area contributed by atoms with E-state index >= 15 is 0 Å². The number of aliphatic hydroxyl groups excluding tert-OH is 2. The minimum absolute atomic E-state index is 0.168. The van der Waals surface area contributed by atoms with Gasteiger partial charge in [0.05, 0.1) is 18.6 Å². The Balaban J connectivity index is 1.85. The lowest BCUT2D eigenvalue weighted by Gasteiger charge is -2.44. The first-order valence-corrected chi connectivity index (χ1v) is 7.75. The van der Waals surface area contributed by atoms with Gasteiger partial charge in [0.25, 0.3) is 5.91 Å². The summed E-state index contributed by atoms with van der Waals surface area (Å²) in [4.78, 5) is 28.4. The van der Waals surface area contributed by atoms with Gasteiger partial charge in [-0.3, -0.25) is 14.5 Å². The average Bonchev–Trinajstić information content (AvgIpc) is 3.02. The molecule has 110 valence electrons. The van der Waals surface area contributed by atoms with Gasteiger partial charge in [0, 0.05) is 18.0 Å². The zero-order valence-corrected chi connectivity index (χ0v) is 12.1. The van der Waals surface area contributed by atoms with E-state index < -0.39 is 12.0 Å². The van der Waals surface area contributed by atoms with Crippen LogP contribution < -0.4 is 0 Å². The van der Waals surface area contributed by atoms with Crippen molar-refractivity contribution in [3.8, 4) is 0 Å². The maximum Gasteiger partial charge on any atom is 0.271 e. The molecule has 0 radical (unpaired) electrons. The molecule has 2 N–H and O–H groups in total. The molecule has 6 nitrogen and oxygen atoms in total. The van der Waals surface area contributed by atoms with E-state index in [1.807, 2.05) is 0 Å². The largest absolute Gasteiger partial charge is 0.392 e. The van der Waals surface area contributed by atoms with Gasteiger partial charge in [0.15, 0.2) is 0 Å². The van der Waals surface area contributed by atoms with Gasteiger partial charge in [0.1, 0.15) is 11.1 Å². The molecule has 3 heterocycles. The number of fused-ring (bicyclic) bond motifs is 1. The fourth-order valence-electron chi connectivity index (χ4n) is 3.03. The van der Waals surface area contributed by atoms with E-state index in [0.717, 1.165) is 12.8 Å². The molecule has 3 aliphatic rings. The Kier molecular flexibility index (Phi) is 3.51. The average molecular weight is 298 g/mol. The fraction of sp³-hybridized carbons (Fsp3) is 0.692. The molecule has 2 amide bonds. The predicted octanol–water partition coefficient (Wildman–Crippen LogP) is -0.275. The van der Waals surface area contributed by atoms with Gasteiger partial charge in [-0.2, -0.15) is 0 Å². The number of hydrogen-bond acceptors (Lipinski definition) is 5. The molecule has 2 fully saturated rings. The van der Waals surface area contributed by atoms with Gasteiger partial charge in [-0.1, -0.05) is 11.8 Å². The molecule has 2 saturated heterocycles. The number of β-lactam (4-membered cyclic amide) rings is 1. The quantitative estimate of drug-likeness (QED) is 0.701. The Labute approximate surface area is 121 Å². The lowest BCUT2D eigenvalue weighted by Crippen LogP contribution is -2.61. The highest BCUT2D eigenvalue weighted by molar-refractivity contribution is 8.04. The summed E-state index contributed by atoms with van der Waals surface area (Å²) >= 11 is 1.32. The number of aliphatic hydroxyl groups is 2. The number of carbonyl (C=O) groups is 2. The second-order valence-electron chi connectivity index (χ2n) is 5.41. The third-order valence-electron chi connectivity index (χ3n) is 4.11. The summed E-state index contributed by atoms with van der Waals surface area (Å²) in [6.07, 6.45) is 1.22. The summed E-state index contributed by atoms with van der Waals surface area (Å²) in [5.41, 5.74) is 0.325. The van der Waals surface area contributed by atoms with Crippen molar-refractivity contribution in [1.29, 1.82) is 0 Å². The smallest absolute Gasteiger partial charge is 0.271 e. The standard InChI is InChI=1S/C13H18N2O4S/c1-7(17)9-11(18)15-10(8(6-16)20-13(9)15)12(19)14-4-2-3-5-14/h7,9,13,16-17H,2-6H2,1H3/t7-,9+,13+/m1/s1. The summed E-state index contributed by atoms with van der Waals surface area (Å²) in [5.74, 6) is -0.868. The van der Waals surface area contributed by atoms with Crippen molar-refractivity contribution in [3.05, 3.63) is 10.6 Å². The Morgan fingerprint density at radius 1 is 1.45 bits per heavy atom. The van der Waals surface area contributed by atoms with Gasteiger partial charge >= 0.3 is 0 Å². The number of carbonyl (C=O) groups excluding carboxylic acids is 2. The highest BCUT2D eigenvalue weighted by atomic mass is 32.2. The Morgan fingerprint density at radius 3 is 2.65 bits per heavy atom. The number of amides is 2. The third kappa shape index (κ3) is 1.88. The van der Waals surface area contributed by atoms with Gasteiger partial charge in [0.2, 0.25) is 5.91 Å². The predicted molar refractivity (Wildman–Crippen MR) is 73.3 cm³/mol. The fourth-order valence-corrected chi connectivity index (χ4v) is 4.50. The second-order valence-corrected chi connectivity index (χ2v) is 6.62. The number of thioether (sulfide) groups is 1. The van der Waals surface area contributed by atoms with Crippen LogP contribution >= 0.6 is 11.8 Å².